The van der Waals surface area contributed by atoms with E-state index in [1.165, 1.54) is 22.4 Å². The van der Waals surface area contributed by atoms with Crippen molar-refractivity contribution < 1.29 is 4.57 Å². The van der Waals surface area contributed by atoms with Crippen LogP contribution in [0.5, 0.6) is 0 Å². The van der Waals surface area contributed by atoms with Gasteiger partial charge < -0.3 is 0 Å². The highest BCUT2D eigenvalue weighted by molar-refractivity contribution is 5.48. The third kappa shape index (κ3) is 2.37. The van der Waals surface area contributed by atoms with Gasteiger partial charge in [0.1, 0.15) is 18.1 Å². The van der Waals surface area contributed by atoms with E-state index in [1.807, 2.05) is 16.9 Å². The standard InChI is InChI=1S/C16H19N4/c1-13-9-14(2)16(15(3)10-13)19-8-7-18(11-19)12-20-6-4-5-17-20/h4-11H,12H2,1-3H3/q+1. The Bertz CT molecular complexity index is 700. The van der Waals surface area contributed by atoms with Gasteiger partial charge in [0.25, 0.3) is 6.33 Å². The summed E-state index contributed by atoms with van der Waals surface area (Å²) in [5, 5.41) is 4.23. The molecule has 102 valence electrons. The van der Waals surface area contributed by atoms with Crippen molar-refractivity contribution in [1.82, 2.24) is 14.3 Å². The van der Waals surface area contributed by atoms with Gasteiger partial charge >= 0.3 is 0 Å². The summed E-state index contributed by atoms with van der Waals surface area (Å²) in [7, 11) is 0. The van der Waals surface area contributed by atoms with Gasteiger partial charge in [-0.05, 0) is 38.0 Å². The van der Waals surface area contributed by atoms with Gasteiger partial charge in [-0.25, -0.2) is 13.8 Å². The van der Waals surface area contributed by atoms with Crippen LogP contribution in [-0.4, -0.2) is 14.3 Å². The molecule has 0 amide bonds. The molecule has 3 aromatic rings. The van der Waals surface area contributed by atoms with Crippen molar-refractivity contribution in [2.75, 3.05) is 0 Å². The monoisotopic (exact) mass is 267 g/mol. The predicted octanol–water partition coefficient (Wildman–Crippen LogP) is 2.39. The molecule has 2 aromatic heterocycles. The van der Waals surface area contributed by atoms with Crippen molar-refractivity contribution in [2.45, 2.75) is 27.4 Å². The van der Waals surface area contributed by atoms with E-state index in [0.717, 1.165) is 6.67 Å². The van der Waals surface area contributed by atoms with Crippen molar-refractivity contribution >= 4 is 0 Å². The summed E-state index contributed by atoms with van der Waals surface area (Å²) in [5.74, 6) is 0. The topological polar surface area (TPSA) is 26.6 Å². The lowest BCUT2D eigenvalue weighted by molar-refractivity contribution is -0.701. The largest absolute Gasteiger partial charge is 0.250 e. The number of hydrogen-bond acceptors (Lipinski definition) is 1. The molecule has 0 saturated heterocycles. The molecule has 1 aromatic carbocycles. The zero-order valence-corrected chi connectivity index (χ0v) is 12.1. The van der Waals surface area contributed by atoms with E-state index in [1.54, 1.807) is 6.20 Å². The van der Waals surface area contributed by atoms with Crippen LogP contribution < -0.4 is 4.57 Å². The van der Waals surface area contributed by atoms with Gasteiger partial charge in [0, 0.05) is 12.4 Å². The highest BCUT2D eigenvalue weighted by atomic mass is 15.3. The molecule has 4 nitrogen and oxygen atoms in total. The molecule has 0 aliphatic carbocycles. The Morgan fingerprint density at radius 1 is 1.10 bits per heavy atom. The van der Waals surface area contributed by atoms with Gasteiger partial charge in [-0.3, -0.25) is 0 Å². The van der Waals surface area contributed by atoms with Gasteiger partial charge in [-0.15, -0.1) is 0 Å². The van der Waals surface area contributed by atoms with E-state index in [9.17, 15) is 0 Å². The Morgan fingerprint density at radius 2 is 1.85 bits per heavy atom. The molecule has 0 aliphatic heterocycles. The second-order valence-corrected chi connectivity index (χ2v) is 5.27. The SMILES string of the molecule is Cc1cc(C)c(-n2cc[n+](Cn3cccn3)c2)c(C)c1. The second kappa shape index (κ2) is 4.96. The molecule has 2 heterocycles. The fourth-order valence-corrected chi connectivity index (χ4v) is 2.74. The molecule has 20 heavy (non-hydrogen) atoms. The maximum Gasteiger partial charge on any atom is 0.250 e. The van der Waals surface area contributed by atoms with Crippen molar-refractivity contribution in [1.29, 1.82) is 0 Å². The number of nitrogens with zero attached hydrogens (tertiary/aromatic N) is 4. The molecule has 0 bridgehead atoms. The molecular formula is C16H19N4+. The highest BCUT2D eigenvalue weighted by Crippen LogP contribution is 2.20. The van der Waals surface area contributed by atoms with Crippen LogP contribution in [0.25, 0.3) is 5.69 Å². The molecule has 0 saturated carbocycles. The quantitative estimate of drug-likeness (QED) is 0.669. The van der Waals surface area contributed by atoms with Gasteiger partial charge in [0.15, 0.2) is 6.67 Å². The van der Waals surface area contributed by atoms with Crippen molar-refractivity contribution in [3.63, 3.8) is 0 Å². The molecule has 0 radical (unpaired) electrons. The average molecular weight is 267 g/mol. The van der Waals surface area contributed by atoms with E-state index < -0.39 is 0 Å². The summed E-state index contributed by atoms with van der Waals surface area (Å²) in [4.78, 5) is 0. The van der Waals surface area contributed by atoms with Crippen LogP contribution in [0.1, 0.15) is 16.7 Å². The minimum Gasteiger partial charge on any atom is -0.233 e. The minimum absolute atomic E-state index is 0.726. The third-order valence-corrected chi connectivity index (χ3v) is 3.45. The number of imidazole rings is 1. The summed E-state index contributed by atoms with van der Waals surface area (Å²) in [6, 6.07) is 6.38. The molecule has 0 aliphatic rings. The van der Waals surface area contributed by atoms with Gasteiger partial charge in [-0.1, -0.05) is 17.7 Å². The zero-order valence-electron chi connectivity index (χ0n) is 12.1. The van der Waals surface area contributed by atoms with Crippen molar-refractivity contribution in [3.05, 3.63) is 66.0 Å². The Morgan fingerprint density at radius 3 is 2.50 bits per heavy atom. The third-order valence-electron chi connectivity index (χ3n) is 3.45. The lowest BCUT2D eigenvalue weighted by atomic mass is 10.1. The molecule has 4 heteroatoms. The molecule has 0 N–H and O–H groups in total. The van der Waals surface area contributed by atoms with E-state index in [-0.39, 0.29) is 0 Å². The van der Waals surface area contributed by atoms with Crippen LogP contribution in [0.2, 0.25) is 0 Å². The van der Waals surface area contributed by atoms with Crippen LogP contribution in [0.15, 0.2) is 49.3 Å². The van der Waals surface area contributed by atoms with Crippen LogP contribution >= 0.6 is 0 Å². The smallest absolute Gasteiger partial charge is 0.233 e. The molecule has 3 rings (SSSR count). The minimum atomic E-state index is 0.726. The van der Waals surface area contributed by atoms with Gasteiger partial charge in [0.05, 0.1) is 0 Å². The van der Waals surface area contributed by atoms with E-state index in [4.69, 9.17) is 0 Å². The fraction of sp³-hybridized carbons (Fsp3) is 0.250. The second-order valence-electron chi connectivity index (χ2n) is 5.27. The van der Waals surface area contributed by atoms with Crippen molar-refractivity contribution in [3.8, 4) is 5.69 Å². The molecule has 0 fully saturated rings. The van der Waals surface area contributed by atoms with Crippen LogP contribution in [0.3, 0.4) is 0 Å². The molecule has 0 unspecified atom stereocenters. The lowest BCUT2D eigenvalue weighted by Gasteiger charge is -2.07. The first-order chi connectivity index (χ1) is 9.63. The van der Waals surface area contributed by atoms with Gasteiger partial charge in [0.2, 0.25) is 0 Å². The fourth-order valence-electron chi connectivity index (χ4n) is 2.74. The number of aryl methyl sites for hydroxylation is 3. The Kier molecular flexibility index (Phi) is 3.14. The lowest BCUT2D eigenvalue weighted by Crippen LogP contribution is -2.35. The summed E-state index contributed by atoms with van der Waals surface area (Å²) in [6.45, 7) is 7.18. The summed E-state index contributed by atoms with van der Waals surface area (Å²) in [6.07, 6.45) is 10.0. The maximum atomic E-state index is 4.23. The number of aromatic nitrogens is 4. The number of benzene rings is 1. The molecular weight excluding hydrogens is 248 g/mol. The van der Waals surface area contributed by atoms with E-state index >= 15 is 0 Å². The van der Waals surface area contributed by atoms with Crippen LogP contribution in [-0.2, 0) is 6.67 Å². The predicted molar refractivity (Wildman–Crippen MR) is 77.8 cm³/mol. The number of hydrogen-bond donors (Lipinski definition) is 0. The van der Waals surface area contributed by atoms with Crippen LogP contribution in [0, 0.1) is 20.8 Å². The summed E-state index contributed by atoms with van der Waals surface area (Å²) >= 11 is 0. The average Bonchev–Trinajstić information content (AvgIpc) is 3.00. The maximum absolute atomic E-state index is 4.23. The normalized spacial score (nSPS) is 10.9. The number of rotatable bonds is 3. The highest BCUT2D eigenvalue weighted by Gasteiger charge is 2.12. The first-order valence-electron chi connectivity index (χ1n) is 6.76. The first-order valence-corrected chi connectivity index (χ1v) is 6.76. The first kappa shape index (κ1) is 12.7. The Balaban J connectivity index is 1.94. The van der Waals surface area contributed by atoms with Gasteiger partial charge in [-0.2, -0.15) is 5.10 Å². The molecule has 0 spiro atoms. The Hall–Kier alpha value is -2.36. The summed E-state index contributed by atoms with van der Waals surface area (Å²) in [5.41, 5.74) is 5.16. The zero-order chi connectivity index (χ0) is 14.1. The van der Waals surface area contributed by atoms with Crippen molar-refractivity contribution in [2.24, 2.45) is 0 Å². The van der Waals surface area contributed by atoms with E-state index in [2.05, 4.69) is 65.9 Å². The summed E-state index contributed by atoms with van der Waals surface area (Å²) < 4.78 is 6.19. The van der Waals surface area contributed by atoms with Crippen LogP contribution in [0.4, 0.5) is 0 Å². The Labute approximate surface area is 118 Å². The molecule has 0 atom stereocenters. The van der Waals surface area contributed by atoms with E-state index in [0.29, 0.717) is 0 Å².